The summed E-state index contributed by atoms with van der Waals surface area (Å²) in [6, 6.07) is 7.10. The van der Waals surface area contributed by atoms with E-state index in [4.69, 9.17) is 0 Å². The first-order valence-corrected chi connectivity index (χ1v) is 6.90. The number of hydrogen-bond donors (Lipinski definition) is 1. The normalized spacial score (nSPS) is 22.3. The number of β-amino-alcohol motifs (C(OH)–C–C–N with tert-alkyl or cyclic N) is 1. The van der Waals surface area contributed by atoms with Crippen LogP contribution in [0.25, 0.3) is 5.69 Å². The molecule has 1 amide bonds. The molecular formula is C14H17N5O2. The molecule has 3 rings (SSSR count). The summed E-state index contributed by atoms with van der Waals surface area (Å²) in [6.07, 6.45) is 3.05. The molecule has 1 unspecified atom stereocenters. The van der Waals surface area contributed by atoms with Crippen molar-refractivity contribution in [1.82, 2.24) is 25.1 Å². The predicted molar refractivity (Wildman–Crippen MR) is 74.9 cm³/mol. The third kappa shape index (κ3) is 2.92. The summed E-state index contributed by atoms with van der Waals surface area (Å²) in [5.74, 6) is -0.0572. The van der Waals surface area contributed by atoms with Crippen LogP contribution in [0.2, 0.25) is 0 Å². The summed E-state index contributed by atoms with van der Waals surface area (Å²) in [5.41, 5.74) is 0.604. The first kappa shape index (κ1) is 13.7. The Balaban J connectivity index is 1.76. The van der Waals surface area contributed by atoms with Crippen molar-refractivity contribution in [2.45, 2.75) is 25.4 Å². The van der Waals surface area contributed by atoms with E-state index in [-0.39, 0.29) is 5.91 Å². The number of aromatic nitrogens is 4. The van der Waals surface area contributed by atoms with Crippen molar-refractivity contribution in [3.63, 3.8) is 0 Å². The smallest absolute Gasteiger partial charge is 0.253 e. The fourth-order valence-corrected chi connectivity index (χ4v) is 2.61. The molecule has 1 saturated heterocycles. The molecule has 2 aromatic rings. The molecule has 1 atom stereocenters. The minimum absolute atomic E-state index is 0.0572. The lowest BCUT2D eigenvalue weighted by atomic mass is 9.94. The number of carbonyl (C=O) groups is 1. The van der Waals surface area contributed by atoms with Gasteiger partial charge in [-0.2, -0.15) is 0 Å². The lowest BCUT2D eigenvalue weighted by Gasteiger charge is -2.36. The molecule has 1 fully saturated rings. The molecule has 0 aliphatic carbocycles. The molecule has 1 aromatic carbocycles. The Labute approximate surface area is 122 Å². The topological polar surface area (TPSA) is 84.1 Å². The number of nitrogens with zero attached hydrogens (tertiary/aromatic N) is 5. The number of amides is 1. The minimum Gasteiger partial charge on any atom is -0.388 e. The van der Waals surface area contributed by atoms with Crippen molar-refractivity contribution in [1.29, 1.82) is 0 Å². The molecule has 1 N–H and O–H groups in total. The van der Waals surface area contributed by atoms with E-state index in [2.05, 4.69) is 15.5 Å². The van der Waals surface area contributed by atoms with Gasteiger partial charge in [-0.25, -0.2) is 4.68 Å². The fraction of sp³-hybridized carbons (Fsp3) is 0.429. The van der Waals surface area contributed by atoms with Crippen molar-refractivity contribution in [2.24, 2.45) is 0 Å². The number of aliphatic hydroxyl groups is 1. The van der Waals surface area contributed by atoms with Gasteiger partial charge in [-0.05, 0) is 54.5 Å². The SMILES string of the molecule is CC1(O)CCCN(C(=O)c2ccc(-n3cnnn3)cc2)C1. The van der Waals surface area contributed by atoms with Crippen molar-refractivity contribution in [3.05, 3.63) is 36.2 Å². The van der Waals surface area contributed by atoms with Crippen molar-refractivity contribution >= 4 is 5.91 Å². The van der Waals surface area contributed by atoms with Gasteiger partial charge in [-0.3, -0.25) is 4.79 Å². The summed E-state index contributed by atoms with van der Waals surface area (Å²) in [6.45, 7) is 2.83. The molecule has 1 aliphatic rings. The van der Waals surface area contributed by atoms with E-state index in [0.29, 0.717) is 18.7 Å². The molecule has 1 aromatic heterocycles. The van der Waals surface area contributed by atoms with Crippen molar-refractivity contribution in [2.75, 3.05) is 13.1 Å². The maximum absolute atomic E-state index is 12.5. The standard InChI is InChI=1S/C14H17N5O2/c1-14(21)7-2-8-18(9-14)13(20)11-3-5-12(6-4-11)19-10-15-16-17-19/h3-6,10,21H,2,7-9H2,1H3. The Morgan fingerprint density at radius 1 is 1.33 bits per heavy atom. The van der Waals surface area contributed by atoms with Crippen LogP contribution in [0, 0.1) is 0 Å². The van der Waals surface area contributed by atoms with E-state index in [1.807, 2.05) is 0 Å². The second kappa shape index (κ2) is 5.25. The van der Waals surface area contributed by atoms with Crippen LogP contribution >= 0.6 is 0 Å². The van der Waals surface area contributed by atoms with Gasteiger partial charge in [-0.15, -0.1) is 5.10 Å². The van der Waals surface area contributed by atoms with Crippen molar-refractivity contribution < 1.29 is 9.90 Å². The lowest BCUT2D eigenvalue weighted by molar-refractivity contribution is -0.0107. The fourth-order valence-electron chi connectivity index (χ4n) is 2.61. The Bertz CT molecular complexity index is 621. The Morgan fingerprint density at radius 2 is 2.10 bits per heavy atom. The van der Waals surface area contributed by atoms with Gasteiger partial charge >= 0.3 is 0 Å². The molecule has 0 bridgehead atoms. The third-order valence-corrected chi connectivity index (χ3v) is 3.69. The predicted octanol–water partition coefficient (Wildman–Crippen LogP) is 0.649. The van der Waals surface area contributed by atoms with Gasteiger partial charge in [0.05, 0.1) is 11.3 Å². The number of carbonyl (C=O) groups excluding carboxylic acids is 1. The van der Waals surface area contributed by atoms with Gasteiger partial charge in [-0.1, -0.05) is 0 Å². The Hall–Kier alpha value is -2.28. The number of hydrogen-bond acceptors (Lipinski definition) is 5. The zero-order valence-corrected chi connectivity index (χ0v) is 11.8. The van der Waals surface area contributed by atoms with Gasteiger partial charge in [0, 0.05) is 18.7 Å². The highest BCUT2D eigenvalue weighted by Crippen LogP contribution is 2.22. The molecular weight excluding hydrogens is 270 g/mol. The van der Waals surface area contributed by atoms with E-state index in [1.165, 1.54) is 11.0 Å². The van der Waals surface area contributed by atoms with Gasteiger partial charge in [0.25, 0.3) is 5.91 Å². The zero-order valence-electron chi connectivity index (χ0n) is 11.8. The molecule has 2 heterocycles. The highest BCUT2D eigenvalue weighted by Gasteiger charge is 2.31. The van der Waals surface area contributed by atoms with E-state index in [1.54, 1.807) is 36.1 Å². The van der Waals surface area contributed by atoms with Gasteiger partial charge in [0.15, 0.2) is 0 Å². The summed E-state index contributed by atoms with van der Waals surface area (Å²) in [5, 5.41) is 21.0. The molecule has 7 heteroatoms. The largest absolute Gasteiger partial charge is 0.388 e. The molecule has 1 aliphatic heterocycles. The van der Waals surface area contributed by atoms with Crippen LogP contribution in [0.15, 0.2) is 30.6 Å². The van der Waals surface area contributed by atoms with Gasteiger partial charge in [0.2, 0.25) is 0 Å². The van der Waals surface area contributed by atoms with E-state index >= 15 is 0 Å². The molecule has 0 spiro atoms. The summed E-state index contributed by atoms with van der Waals surface area (Å²) in [7, 11) is 0. The average molecular weight is 287 g/mol. The van der Waals surface area contributed by atoms with Gasteiger partial charge in [0.1, 0.15) is 6.33 Å². The molecule has 7 nitrogen and oxygen atoms in total. The number of tetrazole rings is 1. The zero-order chi connectivity index (χ0) is 14.9. The van der Waals surface area contributed by atoms with E-state index in [0.717, 1.165) is 18.5 Å². The highest BCUT2D eigenvalue weighted by molar-refractivity contribution is 5.94. The third-order valence-electron chi connectivity index (χ3n) is 3.69. The summed E-state index contributed by atoms with van der Waals surface area (Å²) < 4.78 is 1.53. The minimum atomic E-state index is -0.791. The quantitative estimate of drug-likeness (QED) is 0.876. The summed E-state index contributed by atoms with van der Waals surface area (Å²) in [4.78, 5) is 14.2. The second-order valence-corrected chi connectivity index (χ2v) is 5.63. The number of likely N-dealkylation sites (tertiary alicyclic amines) is 1. The van der Waals surface area contributed by atoms with Crippen LogP contribution < -0.4 is 0 Å². The summed E-state index contributed by atoms with van der Waals surface area (Å²) >= 11 is 0. The Morgan fingerprint density at radius 3 is 2.71 bits per heavy atom. The molecule has 21 heavy (non-hydrogen) atoms. The van der Waals surface area contributed by atoms with Crippen LogP contribution in [0.1, 0.15) is 30.1 Å². The Kier molecular flexibility index (Phi) is 3.42. The highest BCUT2D eigenvalue weighted by atomic mass is 16.3. The molecule has 110 valence electrons. The van der Waals surface area contributed by atoms with E-state index < -0.39 is 5.60 Å². The first-order chi connectivity index (χ1) is 10.1. The van der Waals surface area contributed by atoms with Crippen molar-refractivity contribution in [3.8, 4) is 5.69 Å². The van der Waals surface area contributed by atoms with Crippen LogP contribution in [0.4, 0.5) is 0 Å². The maximum atomic E-state index is 12.5. The van der Waals surface area contributed by atoms with Crippen LogP contribution in [-0.4, -0.2) is 54.8 Å². The molecule has 0 radical (unpaired) electrons. The van der Waals surface area contributed by atoms with E-state index in [9.17, 15) is 9.90 Å². The average Bonchev–Trinajstić information content (AvgIpc) is 3.00. The first-order valence-electron chi connectivity index (χ1n) is 6.90. The van der Waals surface area contributed by atoms with Crippen LogP contribution in [0.3, 0.4) is 0 Å². The second-order valence-electron chi connectivity index (χ2n) is 5.63. The molecule has 0 saturated carbocycles. The lowest BCUT2D eigenvalue weighted by Crippen LogP contribution is -2.48. The number of rotatable bonds is 2. The maximum Gasteiger partial charge on any atom is 0.253 e. The monoisotopic (exact) mass is 287 g/mol. The van der Waals surface area contributed by atoms with Gasteiger partial charge < -0.3 is 10.0 Å². The van der Waals surface area contributed by atoms with Crippen LogP contribution in [-0.2, 0) is 0 Å². The van der Waals surface area contributed by atoms with Crippen LogP contribution in [0.5, 0.6) is 0 Å². The number of benzene rings is 1. The number of piperidine rings is 1.